The van der Waals surface area contributed by atoms with Crippen LogP contribution in [-0.4, -0.2) is 24.6 Å². The Bertz CT molecular complexity index is 1790. The van der Waals surface area contributed by atoms with Crippen LogP contribution in [0.5, 0.6) is 0 Å². The topological polar surface area (TPSA) is 49.7 Å². The fourth-order valence-corrected chi connectivity index (χ4v) is 9.65. The van der Waals surface area contributed by atoms with E-state index in [1.807, 2.05) is 42.5 Å². The molecule has 0 unspecified atom stereocenters. The van der Waals surface area contributed by atoms with Crippen LogP contribution in [0, 0.1) is 11.8 Å². The largest absolute Gasteiger partial charge is 0.296 e. The van der Waals surface area contributed by atoms with Gasteiger partial charge in [0.05, 0.1) is 22.9 Å². The van der Waals surface area contributed by atoms with E-state index in [1.54, 1.807) is 0 Å². The molecule has 0 spiro atoms. The van der Waals surface area contributed by atoms with Gasteiger partial charge in [-0.2, -0.15) is 0 Å². The van der Waals surface area contributed by atoms with Crippen LogP contribution < -0.4 is 4.90 Å². The minimum atomic E-state index is -0.784. The van der Waals surface area contributed by atoms with Crippen LogP contribution in [0.2, 0.25) is 0 Å². The monoisotopic (exact) mass is 680 g/mol. The van der Waals surface area contributed by atoms with Gasteiger partial charge >= 0.3 is 0 Å². The third-order valence-corrected chi connectivity index (χ3v) is 12.1. The van der Waals surface area contributed by atoms with Crippen molar-refractivity contribution in [3.63, 3.8) is 0 Å². The van der Waals surface area contributed by atoms with Crippen LogP contribution >= 0.6 is 0 Å². The van der Waals surface area contributed by atoms with Crippen molar-refractivity contribution in [2.75, 3.05) is 11.4 Å². The van der Waals surface area contributed by atoms with Gasteiger partial charge in [-0.15, -0.1) is 0 Å². The molecule has 266 valence electrons. The highest BCUT2D eigenvalue weighted by Gasteiger charge is 2.68. The summed E-state index contributed by atoms with van der Waals surface area (Å²) in [5.41, 5.74) is 4.48. The van der Waals surface area contributed by atoms with Crippen LogP contribution in [0.4, 0.5) is 5.69 Å². The summed E-state index contributed by atoms with van der Waals surface area (Å²) in [5.74, 6) is -1.36. The number of carbonyl (C=O) groups is 2. The number of amides is 2. The van der Waals surface area contributed by atoms with E-state index in [0.717, 1.165) is 46.0 Å². The Morgan fingerprint density at radius 3 is 1.71 bits per heavy atom. The second-order valence-electron chi connectivity index (χ2n) is 15.4. The second kappa shape index (κ2) is 16.5. The molecule has 4 aromatic rings. The number of carbonyl (C=O) groups excluding carboxylic acids is 2. The zero-order chi connectivity index (χ0) is 35.0. The van der Waals surface area contributed by atoms with E-state index in [-0.39, 0.29) is 17.7 Å². The number of fused-ring (bicyclic) bond motifs is 1. The smallest absolute Gasteiger partial charge is 0.239 e. The quantitative estimate of drug-likeness (QED) is 0.0562. The first-order valence-electron chi connectivity index (χ1n) is 20.2. The van der Waals surface area contributed by atoms with E-state index in [1.165, 1.54) is 101 Å². The summed E-state index contributed by atoms with van der Waals surface area (Å²) in [7, 11) is 0. The first kappa shape index (κ1) is 35.4. The molecular formula is C47H56N2O2. The molecule has 4 aliphatic rings. The van der Waals surface area contributed by atoms with Crippen molar-refractivity contribution >= 4 is 34.5 Å². The van der Waals surface area contributed by atoms with Crippen molar-refractivity contribution in [1.82, 2.24) is 0 Å². The number of rotatable bonds is 19. The summed E-state index contributed by atoms with van der Waals surface area (Å²) in [6, 6.07) is 30.9. The SMILES string of the molecule is CCCCCCCCCCCCCCCCCCN=CC12c3ccccc3C(c3ccccc31)[C@H]1C(=O)N(c3cccc4ccccc34)C(=O)[C@H]12. The lowest BCUT2D eigenvalue weighted by Crippen LogP contribution is -2.54. The van der Waals surface area contributed by atoms with Crippen LogP contribution in [0.15, 0.2) is 96.0 Å². The summed E-state index contributed by atoms with van der Waals surface area (Å²) >= 11 is 0. The lowest BCUT2D eigenvalue weighted by molar-refractivity contribution is -0.122. The molecule has 1 aliphatic heterocycles. The van der Waals surface area contributed by atoms with Crippen LogP contribution in [-0.2, 0) is 15.0 Å². The van der Waals surface area contributed by atoms with Crippen molar-refractivity contribution in [1.29, 1.82) is 0 Å². The van der Waals surface area contributed by atoms with Gasteiger partial charge in [0.15, 0.2) is 0 Å². The average molecular weight is 681 g/mol. The molecule has 2 amide bonds. The Hall–Kier alpha value is -4.05. The first-order valence-corrected chi connectivity index (χ1v) is 20.2. The number of benzene rings is 4. The maximum Gasteiger partial charge on any atom is 0.239 e. The highest BCUT2D eigenvalue weighted by molar-refractivity contribution is 6.27. The summed E-state index contributed by atoms with van der Waals surface area (Å²) in [4.78, 5) is 36.1. The van der Waals surface area contributed by atoms with E-state index in [9.17, 15) is 9.59 Å². The van der Waals surface area contributed by atoms with Crippen LogP contribution in [0.1, 0.15) is 138 Å². The highest BCUT2D eigenvalue weighted by atomic mass is 16.2. The van der Waals surface area contributed by atoms with E-state index >= 15 is 0 Å². The van der Waals surface area contributed by atoms with Gasteiger partial charge in [0.25, 0.3) is 0 Å². The molecule has 4 nitrogen and oxygen atoms in total. The number of hydrogen-bond donors (Lipinski definition) is 0. The Kier molecular flexibility index (Phi) is 11.5. The number of anilines is 1. The molecule has 2 bridgehead atoms. The van der Waals surface area contributed by atoms with Crippen molar-refractivity contribution in [3.8, 4) is 0 Å². The lowest BCUT2D eigenvalue weighted by atomic mass is 9.47. The molecule has 0 aromatic heterocycles. The summed E-state index contributed by atoms with van der Waals surface area (Å²) in [5, 5.41) is 1.95. The predicted molar refractivity (Wildman–Crippen MR) is 212 cm³/mol. The number of imide groups is 1. The van der Waals surface area contributed by atoms with Crippen molar-refractivity contribution in [2.45, 2.75) is 121 Å². The molecule has 1 fully saturated rings. The van der Waals surface area contributed by atoms with Crippen molar-refractivity contribution in [2.24, 2.45) is 16.8 Å². The predicted octanol–water partition coefficient (Wildman–Crippen LogP) is 11.7. The zero-order valence-corrected chi connectivity index (χ0v) is 30.7. The number of aliphatic imine (C=N–C) groups is 1. The van der Waals surface area contributed by atoms with E-state index in [4.69, 9.17) is 4.99 Å². The lowest BCUT2D eigenvalue weighted by Gasteiger charge is -2.52. The van der Waals surface area contributed by atoms with Crippen LogP contribution in [0.3, 0.4) is 0 Å². The van der Waals surface area contributed by atoms with Crippen molar-refractivity contribution in [3.05, 3.63) is 113 Å². The molecule has 1 saturated heterocycles. The van der Waals surface area contributed by atoms with Crippen LogP contribution in [0.25, 0.3) is 10.8 Å². The molecule has 51 heavy (non-hydrogen) atoms. The summed E-state index contributed by atoms with van der Waals surface area (Å²) in [6.45, 7) is 3.02. The summed E-state index contributed by atoms with van der Waals surface area (Å²) in [6.07, 6.45) is 23.6. The van der Waals surface area contributed by atoms with Gasteiger partial charge < -0.3 is 0 Å². The van der Waals surface area contributed by atoms with Gasteiger partial charge in [0.2, 0.25) is 11.8 Å². The maximum atomic E-state index is 14.8. The molecule has 0 radical (unpaired) electrons. The minimum Gasteiger partial charge on any atom is -0.296 e. The molecule has 0 N–H and O–H groups in total. The van der Waals surface area contributed by atoms with E-state index in [2.05, 4.69) is 61.7 Å². The number of unbranched alkanes of at least 4 members (excludes halogenated alkanes) is 15. The van der Waals surface area contributed by atoms with E-state index < -0.39 is 17.3 Å². The van der Waals surface area contributed by atoms with E-state index in [0.29, 0.717) is 5.69 Å². The molecule has 8 rings (SSSR count). The van der Waals surface area contributed by atoms with Gasteiger partial charge in [0.1, 0.15) is 0 Å². The highest BCUT2D eigenvalue weighted by Crippen LogP contribution is 2.63. The van der Waals surface area contributed by atoms with Gasteiger partial charge in [-0.25, -0.2) is 4.90 Å². The first-order chi connectivity index (χ1) is 25.2. The minimum absolute atomic E-state index is 0.0917. The normalized spacial score (nSPS) is 21.8. The average Bonchev–Trinajstić information content (AvgIpc) is 3.44. The molecule has 0 saturated carbocycles. The van der Waals surface area contributed by atoms with Gasteiger partial charge in [-0.1, -0.05) is 188 Å². The number of nitrogens with zero attached hydrogens (tertiary/aromatic N) is 2. The fraction of sp³-hybridized carbons (Fsp3) is 0.468. The second-order valence-corrected chi connectivity index (χ2v) is 15.4. The Morgan fingerprint density at radius 1 is 0.588 bits per heavy atom. The molecule has 2 atom stereocenters. The molecule has 3 aliphatic carbocycles. The Balaban J connectivity index is 1.01. The third-order valence-electron chi connectivity index (χ3n) is 12.1. The standard InChI is InChI=1S/C47H56N2O2/c1-2-3-4-5-6-7-8-9-10-11-12-13-14-15-16-23-33-48-34-47-39-30-21-19-28-37(39)42(38-29-20-22-31-40(38)47)43-44(47)46(51)49(45(43)50)41-32-24-26-35-25-17-18-27-36(35)41/h17-22,24-32,34,42-44H,2-16,23,33H2,1H3/t42?,43-,44+,47?/m1/s1. The fourth-order valence-electron chi connectivity index (χ4n) is 9.65. The molecule has 4 aromatic carbocycles. The molecule has 1 heterocycles. The van der Waals surface area contributed by atoms with Gasteiger partial charge in [-0.05, 0) is 40.1 Å². The Morgan fingerprint density at radius 2 is 1.10 bits per heavy atom. The van der Waals surface area contributed by atoms with Gasteiger partial charge in [0, 0.05) is 24.1 Å². The summed E-state index contributed by atoms with van der Waals surface area (Å²) < 4.78 is 0. The van der Waals surface area contributed by atoms with Crippen molar-refractivity contribution < 1.29 is 9.59 Å². The molecular weight excluding hydrogens is 625 g/mol. The third kappa shape index (κ3) is 6.84. The molecule has 4 heteroatoms. The number of hydrogen-bond acceptors (Lipinski definition) is 3. The maximum absolute atomic E-state index is 14.8. The van der Waals surface area contributed by atoms with Gasteiger partial charge in [-0.3, -0.25) is 14.6 Å². The Labute approximate surface area is 305 Å². The zero-order valence-electron chi connectivity index (χ0n) is 30.7.